The van der Waals surface area contributed by atoms with Crippen molar-refractivity contribution in [3.05, 3.63) is 75.3 Å². The molecule has 2 aromatic heterocycles. The molecular formula is C22H22ClF2N5O. The number of benzene rings is 1. The van der Waals surface area contributed by atoms with E-state index in [0.29, 0.717) is 18.3 Å². The second-order valence-electron chi connectivity index (χ2n) is 7.46. The Morgan fingerprint density at radius 1 is 1.03 bits per heavy atom. The van der Waals surface area contributed by atoms with E-state index in [1.165, 1.54) is 31.9 Å². The van der Waals surface area contributed by atoms with Gasteiger partial charge in [0.15, 0.2) is 5.82 Å². The summed E-state index contributed by atoms with van der Waals surface area (Å²) in [6.07, 6.45) is 8.03. The van der Waals surface area contributed by atoms with Crippen molar-refractivity contribution in [2.24, 2.45) is 0 Å². The Morgan fingerprint density at radius 3 is 2.48 bits per heavy atom. The number of hydrogen-bond acceptors (Lipinski definition) is 5. The molecule has 0 atom stereocenters. The van der Waals surface area contributed by atoms with Crippen LogP contribution in [0.25, 0.3) is 5.69 Å². The zero-order valence-corrected chi connectivity index (χ0v) is 17.6. The first-order chi connectivity index (χ1) is 15.0. The second kappa shape index (κ2) is 9.43. The van der Waals surface area contributed by atoms with Gasteiger partial charge in [-0.05, 0) is 36.6 Å². The van der Waals surface area contributed by atoms with Gasteiger partial charge >= 0.3 is 0 Å². The lowest BCUT2D eigenvalue weighted by Gasteiger charge is -2.21. The van der Waals surface area contributed by atoms with Crippen LogP contribution in [0.15, 0.2) is 47.5 Å². The molecule has 0 amide bonds. The minimum Gasteiger partial charge on any atom is -0.378 e. The van der Waals surface area contributed by atoms with E-state index in [0.717, 1.165) is 41.3 Å². The van der Waals surface area contributed by atoms with Crippen molar-refractivity contribution < 1.29 is 8.78 Å². The summed E-state index contributed by atoms with van der Waals surface area (Å²) in [6, 6.07) is 6.86. The van der Waals surface area contributed by atoms with Crippen molar-refractivity contribution >= 4 is 23.1 Å². The second-order valence-corrected chi connectivity index (χ2v) is 7.84. The summed E-state index contributed by atoms with van der Waals surface area (Å²) >= 11 is 6.19. The highest BCUT2D eigenvalue weighted by Crippen LogP contribution is 2.21. The maximum atomic E-state index is 14.0. The summed E-state index contributed by atoms with van der Waals surface area (Å²) < 4.78 is 27.9. The predicted octanol–water partition coefficient (Wildman–Crippen LogP) is 4.55. The van der Waals surface area contributed by atoms with E-state index in [4.69, 9.17) is 11.6 Å². The standard InChI is InChI=1S/C22H22ClF2N5O/c23-21-18(14-28-30(22(21)31)19-7-6-16(24)11-17(19)25)26-12-15-5-8-20(27-13-15)29-9-3-1-2-4-10-29/h5-8,11,13-14,26H,1-4,9-10,12H2. The molecule has 0 saturated carbocycles. The number of aromatic nitrogens is 3. The molecule has 1 N–H and O–H groups in total. The molecular weight excluding hydrogens is 424 g/mol. The molecule has 1 saturated heterocycles. The van der Waals surface area contributed by atoms with Gasteiger partial charge in [-0.25, -0.2) is 13.8 Å². The zero-order valence-electron chi connectivity index (χ0n) is 16.8. The minimum atomic E-state index is -0.901. The molecule has 1 fully saturated rings. The van der Waals surface area contributed by atoms with Crippen LogP contribution >= 0.6 is 11.6 Å². The molecule has 0 radical (unpaired) electrons. The number of hydrogen-bond donors (Lipinski definition) is 1. The highest BCUT2D eigenvalue weighted by Gasteiger charge is 2.15. The number of anilines is 2. The van der Waals surface area contributed by atoms with E-state index >= 15 is 0 Å². The van der Waals surface area contributed by atoms with Crippen LogP contribution in [0.1, 0.15) is 31.2 Å². The van der Waals surface area contributed by atoms with E-state index in [2.05, 4.69) is 20.3 Å². The number of nitrogens with zero attached hydrogens (tertiary/aromatic N) is 4. The molecule has 6 nitrogen and oxygen atoms in total. The summed E-state index contributed by atoms with van der Waals surface area (Å²) in [5.41, 5.74) is 0.366. The maximum absolute atomic E-state index is 14.0. The first-order valence-corrected chi connectivity index (χ1v) is 10.6. The van der Waals surface area contributed by atoms with Crippen LogP contribution in [0.3, 0.4) is 0 Å². The third-order valence-electron chi connectivity index (χ3n) is 5.28. The first-order valence-electron chi connectivity index (χ1n) is 10.2. The fraction of sp³-hybridized carbons (Fsp3) is 0.318. The number of nitrogens with one attached hydrogen (secondary N) is 1. The average Bonchev–Trinajstić information content (AvgIpc) is 3.05. The van der Waals surface area contributed by atoms with Crippen LogP contribution in [-0.2, 0) is 6.54 Å². The minimum absolute atomic E-state index is 0.132. The van der Waals surface area contributed by atoms with Crippen molar-refractivity contribution in [2.45, 2.75) is 32.2 Å². The third-order valence-corrected chi connectivity index (χ3v) is 5.64. The molecule has 1 aliphatic heterocycles. The zero-order chi connectivity index (χ0) is 21.8. The number of pyridine rings is 1. The van der Waals surface area contributed by atoms with Gasteiger partial charge in [0.2, 0.25) is 0 Å². The van der Waals surface area contributed by atoms with Crippen molar-refractivity contribution in [1.29, 1.82) is 0 Å². The van der Waals surface area contributed by atoms with Crippen LogP contribution in [0.2, 0.25) is 5.02 Å². The Bertz CT molecular complexity index is 1110. The van der Waals surface area contributed by atoms with E-state index < -0.39 is 17.2 Å². The van der Waals surface area contributed by atoms with Gasteiger partial charge in [-0.1, -0.05) is 30.5 Å². The van der Waals surface area contributed by atoms with E-state index in [1.807, 2.05) is 12.1 Å². The topological polar surface area (TPSA) is 63.1 Å². The van der Waals surface area contributed by atoms with Crippen LogP contribution in [-0.4, -0.2) is 27.9 Å². The predicted molar refractivity (Wildman–Crippen MR) is 117 cm³/mol. The first kappa shape index (κ1) is 21.2. The lowest BCUT2D eigenvalue weighted by molar-refractivity contribution is 0.571. The van der Waals surface area contributed by atoms with Crippen molar-refractivity contribution in [1.82, 2.24) is 14.8 Å². The van der Waals surface area contributed by atoms with Crippen LogP contribution in [0.4, 0.5) is 20.3 Å². The van der Waals surface area contributed by atoms with Gasteiger partial charge in [0.25, 0.3) is 5.56 Å². The Morgan fingerprint density at radius 2 is 1.81 bits per heavy atom. The Labute approximate surface area is 183 Å². The lowest BCUT2D eigenvalue weighted by Crippen LogP contribution is -2.25. The molecule has 9 heteroatoms. The molecule has 3 aromatic rings. The number of rotatable bonds is 5. The van der Waals surface area contributed by atoms with Gasteiger partial charge in [0.1, 0.15) is 22.3 Å². The fourth-order valence-electron chi connectivity index (χ4n) is 3.59. The van der Waals surface area contributed by atoms with Gasteiger partial charge in [-0.15, -0.1) is 0 Å². The smallest absolute Gasteiger partial charge is 0.292 e. The molecule has 1 aliphatic rings. The lowest BCUT2D eigenvalue weighted by atomic mass is 10.2. The molecule has 3 heterocycles. The van der Waals surface area contributed by atoms with Crippen LogP contribution in [0, 0.1) is 11.6 Å². The summed E-state index contributed by atoms with van der Waals surface area (Å²) in [6.45, 7) is 2.44. The van der Waals surface area contributed by atoms with Gasteiger partial charge in [-0.3, -0.25) is 4.79 Å². The van der Waals surface area contributed by atoms with E-state index in [-0.39, 0.29) is 10.7 Å². The molecule has 1 aromatic carbocycles. The molecule has 31 heavy (non-hydrogen) atoms. The molecule has 4 rings (SSSR count). The summed E-state index contributed by atoms with van der Waals surface area (Å²) in [4.78, 5) is 19.4. The molecule has 0 unspecified atom stereocenters. The molecule has 0 spiro atoms. The van der Waals surface area contributed by atoms with Crippen molar-refractivity contribution in [2.75, 3.05) is 23.3 Å². The van der Waals surface area contributed by atoms with Crippen LogP contribution < -0.4 is 15.8 Å². The van der Waals surface area contributed by atoms with Gasteiger partial charge in [0, 0.05) is 31.9 Å². The monoisotopic (exact) mass is 445 g/mol. The maximum Gasteiger partial charge on any atom is 0.292 e. The summed E-state index contributed by atoms with van der Waals surface area (Å²) in [5.74, 6) is -0.676. The molecule has 0 aliphatic carbocycles. The Hall–Kier alpha value is -3.00. The van der Waals surface area contributed by atoms with E-state index in [9.17, 15) is 13.6 Å². The fourth-order valence-corrected chi connectivity index (χ4v) is 3.78. The van der Waals surface area contributed by atoms with Crippen molar-refractivity contribution in [3.63, 3.8) is 0 Å². The largest absolute Gasteiger partial charge is 0.378 e. The Balaban J connectivity index is 1.46. The van der Waals surface area contributed by atoms with Gasteiger partial charge < -0.3 is 10.2 Å². The SMILES string of the molecule is O=c1c(Cl)c(NCc2ccc(N3CCCCCC3)nc2)cnn1-c1ccc(F)cc1F. The molecule has 0 bridgehead atoms. The molecule has 162 valence electrons. The van der Waals surface area contributed by atoms with Gasteiger partial charge in [0.05, 0.1) is 11.9 Å². The average molecular weight is 446 g/mol. The number of halogens is 3. The highest BCUT2D eigenvalue weighted by atomic mass is 35.5. The Kier molecular flexibility index (Phi) is 6.46. The van der Waals surface area contributed by atoms with E-state index in [1.54, 1.807) is 6.20 Å². The summed E-state index contributed by atoms with van der Waals surface area (Å²) in [7, 11) is 0. The van der Waals surface area contributed by atoms with Crippen LogP contribution in [0.5, 0.6) is 0 Å². The van der Waals surface area contributed by atoms with Crippen molar-refractivity contribution in [3.8, 4) is 5.69 Å². The normalized spacial score (nSPS) is 14.4. The quantitative estimate of drug-likeness (QED) is 0.624. The highest BCUT2D eigenvalue weighted by molar-refractivity contribution is 6.32. The summed E-state index contributed by atoms with van der Waals surface area (Å²) in [5, 5.41) is 6.90. The third kappa shape index (κ3) is 4.85. The van der Waals surface area contributed by atoms with Gasteiger partial charge in [-0.2, -0.15) is 9.78 Å².